The Kier molecular flexibility index (Phi) is 3.40. The molecule has 4 nitrogen and oxygen atoms in total. The maximum absolute atomic E-state index is 12.0. The lowest BCUT2D eigenvalue weighted by Crippen LogP contribution is -2.37. The average molecular weight is 287 g/mol. The highest BCUT2D eigenvalue weighted by Gasteiger charge is 2.41. The van der Waals surface area contributed by atoms with Crippen molar-refractivity contribution in [3.05, 3.63) is 30.0 Å². The Hall–Kier alpha value is -1.97. The smallest absolute Gasteiger partial charge is 0.314 e. The lowest BCUT2D eigenvalue weighted by Gasteiger charge is -2.34. The van der Waals surface area contributed by atoms with Crippen LogP contribution < -0.4 is 4.74 Å². The second kappa shape index (κ2) is 5.10. The average Bonchev–Trinajstić information content (AvgIpc) is 2.88. The predicted molar refractivity (Wildman–Crippen MR) is 81.9 cm³/mol. The summed E-state index contributed by atoms with van der Waals surface area (Å²) in [6.45, 7) is 0. The van der Waals surface area contributed by atoms with E-state index >= 15 is 0 Å². The van der Waals surface area contributed by atoms with Crippen molar-refractivity contribution in [1.29, 1.82) is 0 Å². The SMILES string of the molecule is COc1cc(C2(C(=O)O)CCCCC2)cc2c1ccn2C. The van der Waals surface area contributed by atoms with E-state index in [1.54, 1.807) is 7.11 Å². The number of fused-ring (bicyclic) bond motifs is 1. The normalized spacial score (nSPS) is 17.8. The molecule has 2 aromatic rings. The van der Waals surface area contributed by atoms with Crippen LogP contribution in [0.25, 0.3) is 10.9 Å². The predicted octanol–water partition coefficient (Wildman–Crippen LogP) is 3.47. The Balaban J connectivity index is 2.22. The zero-order chi connectivity index (χ0) is 15.0. The van der Waals surface area contributed by atoms with Crippen molar-refractivity contribution in [2.24, 2.45) is 7.05 Å². The molecule has 0 atom stereocenters. The summed E-state index contributed by atoms with van der Waals surface area (Å²) in [4.78, 5) is 12.0. The van der Waals surface area contributed by atoms with Crippen molar-refractivity contribution >= 4 is 16.9 Å². The number of hydrogen-bond acceptors (Lipinski definition) is 2. The monoisotopic (exact) mass is 287 g/mol. The summed E-state index contributed by atoms with van der Waals surface area (Å²) in [7, 11) is 3.61. The molecule has 0 radical (unpaired) electrons. The lowest BCUT2D eigenvalue weighted by atomic mass is 9.69. The fraction of sp³-hybridized carbons (Fsp3) is 0.471. The second-order valence-electron chi connectivity index (χ2n) is 5.99. The second-order valence-corrected chi connectivity index (χ2v) is 5.99. The van der Waals surface area contributed by atoms with Gasteiger partial charge in [-0.25, -0.2) is 0 Å². The van der Waals surface area contributed by atoms with Gasteiger partial charge in [0.25, 0.3) is 0 Å². The van der Waals surface area contributed by atoms with Gasteiger partial charge in [0.2, 0.25) is 0 Å². The van der Waals surface area contributed by atoms with Crippen LogP contribution in [0.4, 0.5) is 0 Å². The van der Waals surface area contributed by atoms with Gasteiger partial charge in [0.1, 0.15) is 5.75 Å². The fourth-order valence-electron chi connectivity index (χ4n) is 3.56. The van der Waals surface area contributed by atoms with Gasteiger partial charge < -0.3 is 14.4 Å². The van der Waals surface area contributed by atoms with E-state index in [1.165, 1.54) is 0 Å². The molecular weight excluding hydrogens is 266 g/mol. The van der Waals surface area contributed by atoms with Gasteiger partial charge >= 0.3 is 5.97 Å². The Bertz CT molecular complexity index is 681. The summed E-state index contributed by atoms with van der Waals surface area (Å²) in [5.74, 6) is 0.0483. The summed E-state index contributed by atoms with van der Waals surface area (Å²) in [5, 5.41) is 10.9. The van der Waals surface area contributed by atoms with E-state index in [0.717, 1.165) is 41.5 Å². The van der Waals surface area contributed by atoms with Crippen LogP contribution in [0.5, 0.6) is 5.75 Å². The molecule has 0 amide bonds. The van der Waals surface area contributed by atoms with Gasteiger partial charge in [0.05, 0.1) is 18.0 Å². The molecule has 3 rings (SSSR count). The zero-order valence-electron chi connectivity index (χ0n) is 12.6. The van der Waals surface area contributed by atoms with Crippen molar-refractivity contribution < 1.29 is 14.6 Å². The molecule has 1 N–H and O–H groups in total. The van der Waals surface area contributed by atoms with Gasteiger partial charge in [-0.05, 0) is 36.6 Å². The first-order chi connectivity index (χ1) is 10.1. The summed E-state index contributed by atoms with van der Waals surface area (Å²) >= 11 is 0. The Morgan fingerprint density at radius 3 is 2.62 bits per heavy atom. The molecule has 1 heterocycles. The lowest BCUT2D eigenvalue weighted by molar-refractivity contribution is -0.145. The highest BCUT2D eigenvalue weighted by Crippen LogP contribution is 2.42. The van der Waals surface area contributed by atoms with Crippen molar-refractivity contribution in [2.45, 2.75) is 37.5 Å². The largest absolute Gasteiger partial charge is 0.496 e. The quantitative estimate of drug-likeness (QED) is 0.940. The number of aromatic nitrogens is 1. The molecule has 1 fully saturated rings. The highest BCUT2D eigenvalue weighted by atomic mass is 16.5. The summed E-state index contributed by atoms with van der Waals surface area (Å²) in [6.07, 6.45) is 6.46. The minimum Gasteiger partial charge on any atom is -0.496 e. The molecule has 1 aliphatic rings. The molecule has 112 valence electrons. The molecular formula is C17H21NO3. The number of ether oxygens (including phenoxy) is 1. The van der Waals surface area contributed by atoms with E-state index in [1.807, 2.05) is 36.0 Å². The molecule has 1 aromatic carbocycles. The number of aryl methyl sites for hydroxylation is 1. The first kappa shape index (κ1) is 14.0. The molecule has 1 aliphatic carbocycles. The van der Waals surface area contributed by atoms with E-state index in [9.17, 15) is 9.90 Å². The van der Waals surface area contributed by atoms with Gasteiger partial charge in [-0.15, -0.1) is 0 Å². The van der Waals surface area contributed by atoms with Crippen LogP contribution in [0.2, 0.25) is 0 Å². The molecule has 0 spiro atoms. The van der Waals surface area contributed by atoms with Crippen LogP contribution in [0, 0.1) is 0 Å². The summed E-state index contributed by atoms with van der Waals surface area (Å²) in [6, 6.07) is 5.95. The minimum absolute atomic E-state index is 0.710. The fourth-order valence-corrected chi connectivity index (χ4v) is 3.56. The van der Waals surface area contributed by atoms with Gasteiger partial charge in [-0.3, -0.25) is 4.79 Å². The molecule has 4 heteroatoms. The van der Waals surface area contributed by atoms with Crippen molar-refractivity contribution in [1.82, 2.24) is 4.57 Å². The van der Waals surface area contributed by atoms with Crippen molar-refractivity contribution in [2.75, 3.05) is 7.11 Å². The van der Waals surface area contributed by atoms with Crippen LogP contribution in [-0.4, -0.2) is 22.8 Å². The van der Waals surface area contributed by atoms with Gasteiger partial charge in [-0.2, -0.15) is 0 Å². The third kappa shape index (κ3) is 2.09. The van der Waals surface area contributed by atoms with Gasteiger partial charge in [-0.1, -0.05) is 19.3 Å². The van der Waals surface area contributed by atoms with Crippen LogP contribution in [0.1, 0.15) is 37.7 Å². The third-order valence-corrected chi connectivity index (χ3v) is 4.85. The maximum Gasteiger partial charge on any atom is 0.314 e. The number of hydrogen-bond donors (Lipinski definition) is 1. The van der Waals surface area contributed by atoms with Crippen LogP contribution in [-0.2, 0) is 17.3 Å². The molecule has 0 bridgehead atoms. The van der Waals surface area contributed by atoms with Crippen LogP contribution in [0.15, 0.2) is 24.4 Å². The molecule has 0 unspecified atom stereocenters. The minimum atomic E-state index is -0.760. The summed E-state index contributed by atoms with van der Waals surface area (Å²) in [5.41, 5.74) is 1.14. The van der Waals surface area contributed by atoms with Crippen LogP contribution in [0.3, 0.4) is 0 Å². The number of methoxy groups -OCH3 is 1. The number of benzene rings is 1. The van der Waals surface area contributed by atoms with E-state index < -0.39 is 11.4 Å². The number of carbonyl (C=O) groups is 1. The molecule has 1 saturated carbocycles. The van der Waals surface area contributed by atoms with Gasteiger partial charge in [0.15, 0.2) is 0 Å². The van der Waals surface area contributed by atoms with E-state index in [4.69, 9.17) is 4.74 Å². The highest BCUT2D eigenvalue weighted by molar-refractivity contribution is 5.90. The van der Waals surface area contributed by atoms with E-state index in [0.29, 0.717) is 12.8 Å². The van der Waals surface area contributed by atoms with Crippen molar-refractivity contribution in [3.8, 4) is 5.75 Å². The van der Waals surface area contributed by atoms with Crippen molar-refractivity contribution in [3.63, 3.8) is 0 Å². The Morgan fingerprint density at radius 1 is 1.29 bits per heavy atom. The molecule has 0 aliphatic heterocycles. The maximum atomic E-state index is 12.0. The number of rotatable bonds is 3. The first-order valence-corrected chi connectivity index (χ1v) is 7.45. The standard InChI is InChI=1S/C17H21NO3/c1-18-9-6-13-14(18)10-12(11-15(13)21-2)17(16(19)20)7-4-3-5-8-17/h6,9-11H,3-5,7-8H2,1-2H3,(H,19,20). The van der Waals surface area contributed by atoms with Gasteiger partial charge in [0, 0.05) is 18.6 Å². The Morgan fingerprint density at radius 2 is 2.00 bits per heavy atom. The van der Waals surface area contributed by atoms with E-state index in [-0.39, 0.29) is 0 Å². The zero-order valence-corrected chi connectivity index (χ0v) is 12.6. The van der Waals surface area contributed by atoms with Crippen LogP contribution >= 0.6 is 0 Å². The number of nitrogens with zero attached hydrogens (tertiary/aromatic N) is 1. The number of aliphatic carboxylic acids is 1. The topological polar surface area (TPSA) is 51.5 Å². The summed E-state index contributed by atoms with van der Waals surface area (Å²) < 4.78 is 7.50. The Labute approximate surface area is 124 Å². The van der Waals surface area contributed by atoms with E-state index in [2.05, 4.69) is 0 Å². The molecule has 21 heavy (non-hydrogen) atoms. The molecule has 0 saturated heterocycles. The number of carboxylic acids is 1. The molecule has 1 aromatic heterocycles. The number of carboxylic acid groups (broad SMARTS) is 1. The third-order valence-electron chi connectivity index (χ3n) is 4.85. The first-order valence-electron chi connectivity index (χ1n) is 7.45.